The Labute approximate surface area is 128 Å². The zero-order chi connectivity index (χ0) is 12.3. The van der Waals surface area contributed by atoms with Crippen molar-refractivity contribution in [3.05, 3.63) is 29.3 Å². The third-order valence-electron chi connectivity index (χ3n) is 3.52. The second kappa shape index (κ2) is 8.64. The van der Waals surface area contributed by atoms with Gasteiger partial charge in [0.15, 0.2) is 0 Å². The van der Waals surface area contributed by atoms with Gasteiger partial charge in [-0.2, -0.15) is 0 Å². The number of benzene rings is 1. The van der Waals surface area contributed by atoms with Gasteiger partial charge in [-0.1, -0.05) is 24.6 Å². The normalized spacial score (nSPS) is 17.2. The number of halogens is 2. The van der Waals surface area contributed by atoms with E-state index < -0.39 is 0 Å². The minimum atomic E-state index is 0. The van der Waals surface area contributed by atoms with Crippen LogP contribution < -0.4 is 5.32 Å². The molecule has 19 heavy (non-hydrogen) atoms. The van der Waals surface area contributed by atoms with Crippen molar-refractivity contribution in [3.63, 3.8) is 0 Å². The van der Waals surface area contributed by atoms with E-state index in [4.69, 9.17) is 0 Å². The van der Waals surface area contributed by atoms with Gasteiger partial charge in [-0.3, -0.25) is 4.90 Å². The van der Waals surface area contributed by atoms with Crippen molar-refractivity contribution in [2.75, 3.05) is 26.2 Å². The Bertz CT molecular complexity index is 382. The molecule has 0 aliphatic carbocycles. The summed E-state index contributed by atoms with van der Waals surface area (Å²) < 4.78 is 0. The molecule has 1 atom stereocenters. The van der Waals surface area contributed by atoms with Crippen molar-refractivity contribution in [2.24, 2.45) is 0 Å². The summed E-state index contributed by atoms with van der Waals surface area (Å²) in [6.45, 7) is 8.48. The number of aryl methyl sites for hydroxylation is 1. The molecular weight excluding hydrogens is 283 g/mol. The van der Waals surface area contributed by atoms with E-state index in [1.807, 2.05) is 12.1 Å². The minimum Gasteiger partial charge on any atom is -0.508 e. The summed E-state index contributed by atoms with van der Waals surface area (Å²) in [6.07, 6.45) is 1.04. The van der Waals surface area contributed by atoms with Gasteiger partial charge in [-0.05, 0) is 19.4 Å². The Kier molecular flexibility index (Phi) is 8.42. The van der Waals surface area contributed by atoms with Crippen LogP contribution in [0.3, 0.4) is 0 Å². The maximum Gasteiger partial charge on any atom is 0.120 e. The van der Waals surface area contributed by atoms with Gasteiger partial charge in [0.05, 0.1) is 0 Å². The van der Waals surface area contributed by atoms with Crippen LogP contribution >= 0.6 is 24.8 Å². The lowest BCUT2D eigenvalue weighted by Crippen LogP contribution is -2.45. The molecule has 5 heteroatoms. The molecule has 1 heterocycles. The largest absolute Gasteiger partial charge is 0.508 e. The van der Waals surface area contributed by atoms with Crippen LogP contribution in [-0.4, -0.2) is 36.2 Å². The number of hydrogen-bond donors (Lipinski definition) is 2. The third-order valence-corrected chi connectivity index (χ3v) is 3.52. The highest BCUT2D eigenvalue weighted by molar-refractivity contribution is 5.85. The SMILES string of the molecule is CC[C@@H](c1cc(C)ccc1O)N1CCNCC1.Cl.Cl. The van der Waals surface area contributed by atoms with Crippen molar-refractivity contribution in [2.45, 2.75) is 26.3 Å². The van der Waals surface area contributed by atoms with E-state index >= 15 is 0 Å². The van der Waals surface area contributed by atoms with Crippen molar-refractivity contribution in [1.29, 1.82) is 0 Å². The predicted octanol–water partition coefficient (Wildman–Crippen LogP) is 2.90. The lowest BCUT2D eigenvalue weighted by atomic mass is 9.99. The molecule has 3 nitrogen and oxygen atoms in total. The molecule has 110 valence electrons. The fraction of sp³-hybridized carbons (Fsp3) is 0.571. The number of phenolic OH excluding ortho intramolecular Hbond substituents is 1. The molecule has 1 aromatic rings. The van der Waals surface area contributed by atoms with Crippen molar-refractivity contribution in [1.82, 2.24) is 10.2 Å². The molecule has 2 N–H and O–H groups in total. The van der Waals surface area contributed by atoms with Crippen LogP contribution in [0.15, 0.2) is 18.2 Å². The Hall–Kier alpha value is -0.480. The van der Waals surface area contributed by atoms with Gasteiger partial charge in [-0.25, -0.2) is 0 Å². The molecular formula is C14H24Cl2N2O. The lowest BCUT2D eigenvalue weighted by molar-refractivity contribution is 0.167. The number of nitrogens with zero attached hydrogens (tertiary/aromatic N) is 1. The van der Waals surface area contributed by atoms with Gasteiger partial charge in [0.2, 0.25) is 0 Å². The van der Waals surface area contributed by atoms with Crippen LogP contribution in [0, 0.1) is 6.92 Å². The summed E-state index contributed by atoms with van der Waals surface area (Å²) in [5.41, 5.74) is 2.29. The van der Waals surface area contributed by atoms with Crippen molar-refractivity contribution < 1.29 is 5.11 Å². The molecule has 1 aliphatic heterocycles. The molecule has 0 aromatic heterocycles. The summed E-state index contributed by atoms with van der Waals surface area (Å²) in [5.74, 6) is 0.431. The molecule has 2 rings (SSSR count). The first kappa shape index (κ1) is 18.5. The summed E-state index contributed by atoms with van der Waals surface area (Å²) in [4.78, 5) is 2.46. The smallest absolute Gasteiger partial charge is 0.120 e. The van der Waals surface area contributed by atoms with Crippen LogP contribution in [0.4, 0.5) is 0 Å². The maximum absolute atomic E-state index is 10.0. The van der Waals surface area contributed by atoms with Crippen LogP contribution in [0.25, 0.3) is 0 Å². The fourth-order valence-electron chi connectivity index (χ4n) is 2.61. The zero-order valence-electron chi connectivity index (χ0n) is 11.6. The quantitative estimate of drug-likeness (QED) is 0.901. The summed E-state index contributed by atoms with van der Waals surface area (Å²) in [5, 5.41) is 13.4. The first-order valence-corrected chi connectivity index (χ1v) is 6.46. The molecule has 0 amide bonds. The second-order valence-electron chi connectivity index (χ2n) is 4.77. The van der Waals surface area contributed by atoms with E-state index in [0.717, 1.165) is 38.2 Å². The molecule has 1 aromatic carbocycles. The topological polar surface area (TPSA) is 35.5 Å². The summed E-state index contributed by atoms with van der Waals surface area (Å²) in [7, 11) is 0. The standard InChI is InChI=1S/C14H22N2O.2ClH/c1-3-13(16-8-6-15-7-9-16)12-10-11(2)4-5-14(12)17;;/h4-5,10,13,15,17H,3,6-9H2,1-2H3;2*1H/t13-;;/m0../s1. The Morgan fingerprint density at radius 2 is 1.89 bits per heavy atom. The van der Waals surface area contributed by atoms with Crippen molar-refractivity contribution in [3.8, 4) is 5.75 Å². The van der Waals surface area contributed by atoms with E-state index in [1.165, 1.54) is 5.56 Å². The van der Waals surface area contributed by atoms with Gasteiger partial charge in [0.1, 0.15) is 5.75 Å². The van der Waals surface area contributed by atoms with Gasteiger partial charge in [-0.15, -0.1) is 24.8 Å². The number of hydrogen-bond acceptors (Lipinski definition) is 3. The number of piperazine rings is 1. The number of nitrogens with one attached hydrogen (secondary N) is 1. The molecule has 0 radical (unpaired) electrons. The summed E-state index contributed by atoms with van der Waals surface area (Å²) in [6, 6.07) is 6.24. The van der Waals surface area contributed by atoms with E-state index in [2.05, 4.69) is 30.1 Å². The molecule has 0 spiro atoms. The molecule has 1 aliphatic rings. The number of rotatable bonds is 3. The third kappa shape index (κ3) is 4.53. The second-order valence-corrected chi connectivity index (χ2v) is 4.77. The first-order valence-electron chi connectivity index (χ1n) is 6.46. The Balaban J connectivity index is 0.00000162. The molecule has 1 saturated heterocycles. The van der Waals surface area contributed by atoms with Gasteiger partial charge in [0.25, 0.3) is 0 Å². The van der Waals surface area contributed by atoms with E-state index in [1.54, 1.807) is 0 Å². The van der Waals surface area contributed by atoms with Crippen molar-refractivity contribution >= 4 is 24.8 Å². The molecule has 0 unspecified atom stereocenters. The van der Waals surface area contributed by atoms with Crippen LogP contribution in [0.5, 0.6) is 5.75 Å². The monoisotopic (exact) mass is 306 g/mol. The van der Waals surface area contributed by atoms with E-state index in [-0.39, 0.29) is 24.8 Å². The highest BCUT2D eigenvalue weighted by Gasteiger charge is 2.22. The van der Waals surface area contributed by atoms with Gasteiger partial charge in [0, 0.05) is 37.8 Å². The predicted molar refractivity (Wildman–Crippen MR) is 84.8 cm³/mol. The fourth-order valence-corrected chi connectivity index (χ4v) is 2.61. The molecule has 1 fully saturated rings. The van der Waals surface area contributed by atoms with Gasteiger partial charge >= 0.3 is 0 Å². The average Bonchev–Trinajstić information content (AvgIpc) is 2.36. The average molecular weight is 307 g/mol. The minimum absolute atomic E-state index is 0. The van der Waals surface area contributed by atoms with E-state index in [9.17, 15) is 5.11 Å². The van der Waals surface area contributed by atoms with Gasteiger partial charge < -0.3 is 10.4 Å². The van der Waals surface area contributed by atoms with E-state index in [0.29, 0.717) is 11.8 Å². The maximum atomic E-state index is 10.0. The van der Waals surface area contributed by atoms with Crippen LogP contribution in [0.2, 0.25) is 0 Å². The summed E-state index contributed by atoms with van der Waals surface area (Å²) >= 11 is 0. The van der Waals surface area contributed by atoms with Crippen LogP contribution in [-0.2, 0) is 0 Å². The Morgan fingerprint density at radius 3 is 2.47 bits per heavy atom. The highest BCUT2D eigenvalue weighted by Crippen LogP contribution is 2.31. The molecule has 0 saturated carbocycles. The Morgan fingerprint density at radius 1 is 1.26 bits per heavy atom. The highest BCUT2D eigenvalue weighted by atomic mass is 35.5. The first-order chi connectivity index (χ1) is 8.22. The molecule has 0 bridgehead atoms. The lowest BCUT2D eigenvalue weighted by Gasteiger charge is -2.35. The van der Waals surface area contributed by atoms with Crippen LogP contribution in [0.1, 0.15) is 30.5 Å². The number of aromatic hydroxyl groups is 1. The number of phenols is 1. The zero-order valence-corrected chi connectivity index (χ0v) is 13.2.